The molecule has 28 heavy (non-hydrogen) atoms. The van der Waals surface area contributed by atoms with Crippen molar-refractivity contribution in [3.05, 3.63) is 53.3 Å². The molecule has 0 spiro atoms. The van der Waals surface area contributed by atoms with Gasteiger partial charge in [0.05, 0.1) is 11.5 Å². The lowest BCUT2D eigenvalue weighted by Gasteiger charge is -2.26. The lowest BCUT2D eigenvalue weighted by molar-refractivity contribution is 0.0520. The number of sulfone groups is 1. The van der Waals surface area contributed by atoms with E-state index in [0.717, 1.165) is 43.7 Å². The first kappa shape index (κ1) is 20.6. The normalized spacial score (nSPS) is 16.6. The van der Waals surface area contributed by atoms with Crippen LogP contribution in [0.4, 0.5) is 0 Å². The Morgan fingerprint density at radius 3 is 2.46 bits per heavy atom. The van der Waals surface area contributed by atoms with Crippen molar-refractivity contribution in [2.24, 2.45) is 5.92 Å². The van der Waals surface area contributed by atoms with Gasteiger partial charge in [-0.3, -0.25) is 0 Å². The van der Waals surface area contributed by atoms with Crippen molar-refractivity contribution in [1.29, 1.82) is 0 Å². The van der Waals surface area contributed by atoms with Crippen LogP contribution in [-0.4, -0.2) is 45.4 Å². The molecule has 1 aromatic carbocycles. The van der Waals surface area contributed by atoms with Crippen LogP contribution in [0.3, 0.4) is 0 Å². The lowest BCUT2D eigenvalue weighted by Crippen LogP contribution is -2.19. The number of carbonyl (C=O) groups excluding carboxylic acids is 1. The number of ether oxygens (including phenoxy) is 2. The average Bonchev–Trinajstić information content (AvgIpc) is 3.17. The van der Waals surface area contributed by atoms with E-state index in [0.29, 0.717) is 23.1 Å². The standard InChI is InChI=1S/C21H27NO5S/c1-3-27-21(23)20-9-8-19(22-20)18(14-15-10-12-26-13-11-15)16-4-6-17(7-5-16)28(2,24)25/h4-9,15,18,22H,3,10-14H2,1-2H3. The number of hydrogen-bond acceptors (Lipinski definition) is 5. The first-order valence-electron chi connectivity index (χ1n) is 9.62. The predicted molar refractivity (Wildman–Crippen MR) is 106 cm³/mol. The Labute approximate surface area is 166 Å². The SMILES string of the molecule is CCOC(=O)c1ccc(C(CC2CCOCC2)c2ccc(S(C)(=O)=O)cc2)[nH]1. The van der Waals surface area contributed by atoms with E-state index >= 15 is 0 Å². The minimum Gasteiger partial charge on any atom is -0.461 e. The van der Waals surface area contributed by atoms with Gasteiger partial charge >= 0.3 is 5.97 Å². The quantitative estimate of drug-likeness (QED) is 0.712. The topological polar surface area (TPSA) is 85.5 Å². The van der Waals surface area contributed by atoms with Crippen molar-refractivity contribution in [1.82, 2.24) is 4.98 Å². The fourth-order valence-electron chi connectivity index (χ4n) is 3.65. The number of esters is 1. The molecule has 2 heterocycles. The van der Waals surface area contributed by atoms with E-state index in [1.165, 1.54) is 6.26 Å². The number of aromatic nitrogens is 1. The molecule has 0 amide bonds. The van der Waals surface area contributed by atoms with Gasteiger partial charge in [-0.25, -0.2) is 13.2 Å². The molecule has 2 aromatic rings. The molecular formula is C21H27NO5S. The third-order valence-corrected chi connectivity index (χ3v) is 6.33. The summed E-state index contributed by atoms with van der Waals surface area (Å²) in [7, 11) is -3.24. The van der Waals surface area contributed by atoms with Gasteiger partial charge in [-0.05, 0) is 61.9 Å². The summed E-state index contributed by atoms with van der Waals surface area (Å²) in [5, 5.41) is 0. The number of nitrogens with one attached hydrogen (secondary N) is 1. The van der Waals surface area contributed by atoms with E-state index in [2.05, 4.69) is 4.98 Å². The molecule has 0 aliphatic carbocycles. The summed E-state index contributed by atoms with van der Waals surface area (Å²) in [4.78, 5) is 15.5. The van der Waals surface area contributed by atoms with E-state index in [1.54, 1.807) is 25.1 Å². The van der Waals surface area contributed by atoms with Crippen LogP contribution in [0.1, 0.15) is 53.8 Å². The number of carbonyl (C=O) groups is 1. The zero-order valence-electron chi connectivity index (χ0n) is 16.3. The second-order valence-electron chi connectivity index (χ2n) is 7.23. The van der Waals surface area contributed by atoms with E-state index in [9.17, 15) is 13.2 Å². The molecule has 0 bridgehead atoms. The summed E-state index contributed by atoms with van der Waals surface area (Å²) in [5.74, 6) is 0.188. The lowest BCUT2D eigenvalue weighted by atomic mass is 9.83. The average molecular weight is 406 g/mol. The van der Waals surface area contributed by atoms with Crippen LogP contribution in [0, 0.1) is 5.92 Å². The molecule has 1 unspecified atom stereocenters. The second kappa shape index (κ2) is 8.92. The monoisotopic (exact) mass is 405 g/mol. The highest BCUT2D eigenvalue weighted by Gasteiger charge is 2.24. The van der Waals surface area contributed by atoms with Gasteiger partial charge in [0.15, 0.2) is 9.84 Å². The number of hydrogen-bond donors (Lipinski definition) is 1. The molecule has 7 heteroatoms. The van der Waals surface area contributed by atoms with E-state index in [1.807, 2.05) is 18.2 Å². The molecule has 1 N–H and O–H groups in total. The van der Waals surface area contributed by atoms with Gasteiger partial charge in [0.1, 0.15) is 5.69 Å². The van der Waals surface area contributed by atoms with E-state index < -0.39 is 9.84 Å². The molecule has 1 aromatic heterocycles. The molecule has 6 nitrogen and oxygen atoms in total. The molecule has 1 fully saturated rings. The van der Waals surface area contributed by atoms with Crippen molar-refractivity contribution in [2.75, 3.05) is 26.1 Å². The molecular weight excluding hydrogens is 378 g/mol. The Balaban J connectivity index is 1.89. The Bertz CT molecular complexity index is 895. The second-order valence-corrected chi connectivity index (χ2v) is 9.25. The summed E-state index contributed by atoms with van der Waals surface area (Å²) in [6, 6.07) is 10.7. The number of benzene rings is 1. The summed E-state index contributed by atoms with van der Waals surface area (Å²) in [6.07, 6.45) is 4.12. The fraction of sp³-hybridized carbons (Fsp3) is 0.476. The maximum Gasteiger partial charge on any atom is 0.354 e. The van der Waals surface area contributed by atoms with Gasteiger partial charge < -0.3 is 14.5 Å². The summed E-state index contributed by atoms with van der Waals surface area (Å²) >= 11 is 0. The van der Waals surface area contributed by atoms with E-state index in [-0.39, 0.29) is 11.9 Å². The zero-order chi connectivity index (χ0) is 20.1. The molecule has 3 rings (SSSR count). The molecule has 0 saturated carbocycles. The van der Waals surface area contributed by atoms with Crippen molar-refractivity contribution in [3.63, 3.8) is 0 Å². The Hall–Kier alpha value is -2.12. The highest BCUT2D eigenvalue weighted by atomic mass is 32.2. The van der Waals surface area contributed by atoms with Gasteiger partial charge in [0.2, 0.25) is 0 Å². The molecule has 1 aliphatic heterocycles. The maximum atomic E-state index is 12.0. The van der Waals surface area contributed by atoms with Crippen molar-refractivity contribution in [2.45, 2.75) is 37.0 Å². The molecule has 152 valence electrons. The predicted octanol–water partition coefficient (Wildman–Crippen LogP) is 3.54. The summed E-state index contributed by atoms with van der Waals surface area (Å²) in [5.41, 5.74) is 2.39. The molecule has 1 aliphatic rings. The summed E-state index contributed by atoms with van der Waals surface area (Å²) < 4.78 is 34.1. The molecule has 0 radical (unpaired) electrons. The van der Waals surface area contributed by atoms with E-state index in [4.69, 9.17) is 9.47 Å². The van der Waals surface area contributed by atoms with Crippen molar-refractivity contribution < 1.29 is 22.7 Å². The first-order valence-corrected chi connectivity index (χ1v) is 11.5. The Morgan fingerprint density at radius 2 is 1.86 bits per heavy atom. The van der Waals surface area contributed by atoms with Gasteiger partial charge in [-0.2, -0.15) is 0 Å². The van der Waals surface area contributed by atoms with Crippen LogP contribution in [0.25, 0.3) is 0 Å². The van der Waals surface area contributed by atoms with Crippen LogP contribution < -0.4 is 0 Å². The number of rotatable bonds is 7. The smallest absolute Gasteiger partial charge is 0.354 e. The van der Waals surface area contributed by atoms with Crippen LogP contribution in [0.2, 0.25) is 0 Å². The van der Waals surface area contributed by atoms with Crippen LogP contribution in [0.15, 0.2) is 41.3 Å². The largest absolute Gasteiger partial charge is 0.461 e. The molecule has 1 atom stereocenters. The maximum absolute atomic E-state index is 12.0. The van der Waals surface area contributed by atoms with Crippen LogP contribution >= 0.6 is 0 Å². The highest BCUT2D eigenvalue weighted by Crippen LogP contribution is 2.34. The number of H-pyrrole nitrogens is 1. The van der Waals surface area contributed by atoms with Crippen LogP contribution in [-0.2, 0) is 19.3 Å². The van der Waals surface area contributed by atoms with Gasteiger partial charge in [-0.15, -0.1) is 0 Å². The third kappa shape index (κ3) is 5.02. The fourth-order valence-corrected chi connectivity index (χ4v) is 4.28. The highest BCUT2D eigenvalue weighted by molar-refractivity contribution is 7.90. The summed E-state index contributed by atoms with van der Waals surface area (Å²) in [6.45, 7) is 3.64. The van der Waals surface area contributed by atoms with Gasteiger partial charge in [-0.1, -0.05) is 12.1 Å². The Morgan fingerprint density at radius 1 is 1.18 bits per heavy atom. The van der Waals surface area contributed by atoms with Gasteiger partial charge in [0.25, 0.3) is 0 Å². The van der Waals surface area contributed by atoms with Crippen molar-refractivity contribution >= 4 is 15.8 Å². The van der Waals surface area contributed by atoms with Crippen molar-refractivity contribution in [3.8, 4) is 0 Å². The first-order chi connectivity index (χ1) is 13.4. The minimum absolute atomic E-state index is 0.0416. The van der Waals surface area contributed by atoms with Gasteiger partial charge in [0, 0.05) is 31.1 Å². The zero-order valence-corrected chi connectivity index (χ0v) is 17.1. The van der Waals surface area contributed by atoms with Crippen LogP contribution in [0.5, 0.6) is 0 Å². The Kier molecular flexibility index (Phi) is 6.57. The number of aromatic amines is 1. The third-order valence-electron chi connectivity index (χ3n) is 5.20. The minimum atomic E-state index is -3.24. The molecule has 1 saturated heterocycles.